The molecule has 1 amide bonds. The molecule has 2 heterocycles. The first-order chi connectivity index (χ1) is 19.8. The average molecular weight is 597 g/mol. The Morgan fingerprint density at radius 2 is 2.00 bits per heavy atom. The summed E-state index contributed by atoms with van der Waals surface area (Å²) in [5, 5.41) is 12.2. The van der Waals surface area contributed by atoms with Crippen molar-refractivity contribution >= 4 is 35.1 Å². The number of allylic oxidation sites excluding steroid dienone is 1. The largest absolute Gasteiger partial charge is 0.491 e. The zero-order chi connectivity index (χ0) is 28.9. The van der Waals surface area contributed by atoms with E-state index < -0.39 is 6.10 Å². The molecule has 1 fully saturated rings. The highest BCUT2D eigenvalue weighted by Crippen LogP contribution is 2.42. The van der Waals surface area contributed by atoms with Crippen molar-refractivity contribution in [2.45, 2.75) is 83.0 Å². The second-order valence-corrected chi connectivity index (χ2v) is 14.0. The Morgan fingerprint density at radius 3 is 2.76 bits per heavy atom. The van der Waals surface area contributed by atoms with Gasteiger partial charge in [-0.1, -0.05) is 57.0 Å². The Labute approximate surface area is 255 Å². The van der Waals surface area contributed by atoms with Gasteiger partial charge in [0, 0.05) is 34.8 Å². The van der Waals surface area contributed by atoms with Crippen molar-refractivity contribution in [2.24, 2.45) is 17.8 Å². The summed E-state index contributed by atoms with van der Waals surface area (Å²) < 4.78 is 9.61. The van der Waals surface area contributed by atoms with Crippen molar-refractivity contribution in [2.75, 3.05) is 24.6 Å². The average Bonchev–Trinajstić information content (AvgIpc) is 3.10. The van der Waals surface area contributed by atoms with Crippen LogP contribution in [-0.2, 0) is 6.42 Å². The number of fused-ring (bicyclic) bond motifs is 2. The van der Waals surface area contributed by atoms with Gasteiger partial charge in [0.2, 0.25) is 0 Å². The summed E-state index contributed by atoms with van der Waals surface area (Å²) in [6.45, 7) is 8.83. The van der Waals surface area contributed by atoms with Gasteiger partial charge in [0.25, 0.3) is 5.91 Å². The fourth-order valence-corrected chi connectivity index (χ4v) is 7.94. The third-order valence-corrected chi connectivity index (χ3v) is 10.2. The molecule has 1 saturated carbocycles. The molecule has 0 spiro atoms. The van der Waals surface area contributed by atoms with Gasteiger partial charge in [0.15, 0.2) is 0 Å². The minimum atomic E-state index is -0.421. The molecule has 2 aliphatic heterocycles. The number of aryl methyl sites for hydroxylation is 1. The topological polar surface area (TPSA) is 61.8 Å². The molecule has 2 N–H and O–H groups in total. The minimum absolute atomic E-state index is 0.0604. The Balaban J connectivity index is 1.48. The maximum absolute atomic E-state index is 13.4. The van der Waals surface area contributed by atoms with E-state index in [1.54, 1.807) is 0 Å². The number of halogens is 1. The number of aliphatic hydroxyl groups excluding tert-OH is 1. The molecule has 222 valence electrons. The predicted molar refractivity (Wildman–Crippen MR) is 171 cm³/mol. The van der Waals surface area contributed by atoms with Crippen LogP contribution in [0.1, 0.15) is 86.7 Å². The van der Waals surface area contributed by atoms with Crippen LogP contribution < -0.4 is 14.4 Å². The van der Waals surface area contributed by atoms with Gasteiger partial charge in [-0.15, -0.1) is 0 Å². The van der Waals surface area contributed by atoms with Crippen molar-refractivity contribution in [1.82, 2.24) is 4.72 Å². The molecule has 5 rings (SSSR count). The van der Waals surface area contributed by atoms with Crippen LogP contribution in [-0.4, -0.2) is 42.1 Å². The van der Waals surface area contributed by atoms with Crippen LogP contribution in [0.5, 0.6) is 5.75 Å². The van der Waals surface area contributed by atoms with Gasteiger partial charge in [-0.3, -0.25) is 9.52 Å². The SMILES string of the molecule is CCCc1cc(Cl)ccc1C1COc2ccc3cc2N(C1)CC1CCC1C(O)/C=C/CC[C@H](CC(C)C)SNC3=O. The first kappa shape index (κ1) is 30.3. The number of amides is 1. The monoisotopic (exact) mass is 596 g/mol. The van der Waals surface area contributed by atoms with Crippen LogP contribution in [0.25, 0.3) is 0 Å². The highest BCUT2D eigenvalue weighted by Gasteiger charge is 2.38. The van der Waals surface area contributed by atoms with Gasteiger partial charge in [0.1, 0.15) is 5.75 Å². The van der Waals surface area contributed by atoms with Gasteiger partial charge in [0.05, 0.1) is 18.4 Å². The number of nitrogens with one attached hydrogen (secondary N) is 1. The van der Waals surface area contributed by atoms with Gasteiger partial charge >= 0.3 is 0 Å². The maximum atomic E-state index is 13.4. The number of ether oxygens (including phenoxy) is 1. The molecule has 4 unspecified atom stereocenters. The molecular weight excluding hydrogens is 552 g/mol. The number of anilines is 1. The van der Waals surface area contributed by atoms with E-state index in [0.717, 1.165) is 74.5 Å². The molecule has 2 aromatic rings. The van der Waals surface area contributed by atoms with Gasteiger partial charge in [-0.05, 0) is 110 Å². The first-order valence-electron chi connectivity index (χ1n) is 15.4. The van der Waals surface area contributed by atoms with Crippen molar-refractivity contribution < 1.29 is 14.6 Å². The Hall–Kier alpha value is -2.15. The highest BCUT2D eigenvalue weighted by molar-refractivity contribution is 7.98. The fourth-order valence-electron chi connectivity index (χ4n) is 6.62. The molecule has 7 heteroatoms. The standard InChI is InChI=1S/C34H45ClN2O3S/c1-4-7-23-17-27(35)12-14-29(23)26-20-37-19-25-10-13-30(25)32(38)9-6-5-8-28(16-22(2)3)41-36-34(39)24-11-15-33(40-21-26)31(37)18-24/h6,9,11-12,14-15,17-18,22,25-26,28,30,32,38H,4-5,7-8,10,13,16,19-21H2,1-3H3,(H,36,39)/b9-6+/t25?,26?,28-,30?,32?/m1/s1. The summed E-state index contributed by atoms with van der Waals surface area (Å²) in [5.41, 5.74) is 4.19. The van der Waals surface area contributed by atoms with Gasteiger partial charge in [-0.25, -0.2) is 0 Å². The summed E-state index contributed by atoms with van der Waals surface area (Å²) in [6, 6.07) is 12.1. The zero-order valence-electron chi connectivity index (χ0n) is 24.7. The molecule has 0 aromatic heterocycles. The Morgan fingerprint density at radius 1 is 1.15 bits per heavy atom. The molecule has 41 heavy (non-hydrogen) atoms. The molecule has 2 bridgehead atoms. The maximum Gasteiger partial charge on any atom is 0.261 e. The van der Waals surface area contributed by atoms with Crippen molar-refractivity contribution in [3.8, 4) is 5.75 Å². The van der Waals surface area contributed by atoms with Gasteiger partial charge in [-0.2, -0.15) is 0 Å². The normalized spacial score (nSPS) is 27.7. The summed E-state index contributed by atoms with van der Waals surface area (Å²) in [7, 11) is 0. The number of rotatable bonds is 5. The van der Waals surface area contributed by atoms with E-state index in [1.165, 1.54) is 23.1 Å². The third-order valence-electron chi connectivity index (χ3n) is 8.92. The summed E-state index contributed by atoms with van der Waals surface area (Å²) in [6.07, 6.45) is 10.8. The summed E-state index contributed by atoms with van der Waals surface area (Å²) in [5.74, 6) is 2.11. The van der Waals surface area contributed by atoms with E-state index in [4.69, 9.17) is 16.3 Å². The Bertz CT molecular complexity index is 1230. The number of nitrogens with zero attached hydrogens (tertiary/aromatic N) is 1. The molecule has 5 atom stereocenters. The predicted octanol–water partition coefficient (Wildman–Crippen LogP) is 7.80. The quantitative estimate of drug-likeness (QED) is 0.272. The molecule has 5 nitrogen and oxygen atoms in total. The van der Waals surface area contributed by atoms with Crippen LogP contribution in [0.2, 0.25) is 5.02 Å². The second-order valence-electron chi connectivity index (χ2n) is 12.5. The van der Waals surface area contributed by atoms with Crippen molar-refractivity contribution in [3.05, 3.63) is 70.3 Å². The number of carbonyl (C=O) groups is 1. The van der Waals surface area contributed by atoms with E-state index in [9.17, 15) is 9.90 Å². The van der Waals surface area contributed by atoms with Crippen molar-refractivity contribution in [1.29, 1.82) is 0 Å². The summed E-state index contributed by atoms with van der Waals surface area (Å²) in [4.78, 5) is 15.8. The lowest BCUT2D eigenvalue weighted by molar-refractivity contribution is 0.0461. The van der Waals surface area contributed by atoms with Crippen LogP contribution in [0.15, 0.2) is 48.6 Å². The molecule has 3 aliphatic rings. The van der Waals surface area contributed by atoms with E-state index in [-0.39, 0.29) is 17.7 Å². The van der Waals surface area contributed by atoms with E-state index in [0.29, 0.717) is 29.3 Å². The fraction of sp³-hybridized carbons (Fsp3) is 0.559. The molecule has 0 radical (unpaired) electrons. The highest BCUT2D eigenvalue weighted by atomic mass is 35.5. The molecule has 2 aromatic carbocycles. The number of hydrogen-bond acceptors (Lipinski definition) is 5. The Kier molecular flexibility index (Phi) is 10.3. The van der Waals surface area contributed by atoms with Crippen molar-refractivity contribution in [3.63, 3.8) is 0 Å². The lowest BCUT2D eigenvalue weighted by atomic mass is 9.70. The van der Waals surface area contributed by atoms with E-state index >= 15 is 0 Å². The second kappa shape index (κ2) is 13.9. The lowest BCUT2D eigenvalue weighted by Crippen LogP contribution is -2.44. The number of benzene rings is 2. The zero-order valence-corrected chi connectivity index (χ0v) is 26.2. The van der Waals surface area contributed by atoms with E-state index in [1.807, 2.05) is 30.3 Å². The number of carbonyl (C=O) groups excluding carboxylic acids is 1. The molecule has 1 aliphatic carbocycles. The number of hydrogen-bond donors (Lipinski definition) is 2. The van der Waals surface area contributed by atoms with Crippen LogP contribution >= 0.6 is 23.5 Å². The van der Waals surface area contributed by atoms with Gasteiger partial charge < -0.3 is 14.7 Å². The van der Waals surface area contributed by atoms with Crippen LogP contribution in [0.4, 0.5) is 5.69 Å². The molecular formula is C34H45ClN2O3S. The minimum Gasteiger partial charge on any atom is -0.491 e. The lowest BCUT2D eigenvalue weighted by Gasteiger charge is -2.42. The third kappa shape index (κ3) is 7.44. The first-order valence-corrected chi connectivity index (χ1v) is 16.7. The number of aliphatic hydroxyl groups is 1. The van der Waals surface area contributed by atoms with E-state index in [2.05, 4.69) is 48.6 Å². The smallest absolute Gasteiger partial charge is 0.261 e. The molecule has 0 saturated heterocycles. The summed E-state index contributed by atoms with van der Waals surface area (Å²) >= 11 is 7.94. The van der Waals surface area contributed by atoms with Crippen LogP contribution in [0.3, 0.4) is 0 Å². The van der Waals surface area contributed by atoms with Crippen LogP contribution in [0, 0.1) is 17.8 Å².